The van der Waals surface area contributed by atoms with E-state index < -0.39 is 5.79 Å². The highest BCUT2D eigenvalue weighted by atomic mass is 16.7. The fraction of sp³-hybridized carbons (Fsp3) is 0.0667. The van der Waals surface area contributed by atoms with E-state index in [9.17, 15) is 0 Å². The predicted molar refractivity (Wildman–Crippen MR) is 196 cm³/mol. The van der Waals surface area contributed by atoms with Gasteiger partial charge in [-0.15, -0.1) is 0 Å². The van der Waals surface area contributed by atoms with Crippen molar-refractivity contribution in [3.63, 3.8) is 0 Å². The zero-order valence-corrected chi connectivity index (χ0v) is 26.7. The molecule has 0 atom stereocenters. The minimum absolute atomic E-state index is 0.777. The van der Waals surface area contributed by atoms with Gasteiger partial charge in [-0.3, -0.25) is 0 Å². The maximum absolute atomic E-state index is 6.52. The van der Waals surface area contributed by atoms with Gasteiger partial charge in [0.15, 0.2) is 0 Å². The first-order valence-corrected chi connectivity index (χ1v) is 16.3. The lowest BCUT2D eigenvalue weighted by molar-refractivity contribution is -0.0778. The average Bonchev–Trinajstić information content (AvgIpc) is 3.46. The van der Waals surface area contributed by atoms with Crippen molar-refractivity contribution in [3.8, 4) is 67.1 Å². The van der Waals surface area contributed by atoms with Crippen LogP contribution < -0.4 is 9.47 Å². The molecule has 1 aliphatic heterocycles. The van der Waals surface area contributed by atoms with Gasteiger partial charge in [-0.25, -0.2) is 0 Å². The molecule has 8 aromatic rings. The summed E-state index contributed by atoms with van der Waals surface area (Å²) in [5.74, 6) is 0.707. The van der Waals surface area contributed by atoms with Crippen molar-refractivity contribution in [2.24, 2.45) is 0 Å². The predicted octanol–water partition coefficient (Wildman–Crippen LogP) is 12.4. The number of ether oxygens (including phenoxy) is 2. The van der Waals surface area contributed by atoms with E-state index in [-0.39, 0.29) is 0 Å². The molecule has 0 saturated carbocycles. The van der Waals surface area contributed by atoms with Crippen LogP contribution in [0.15, 0.2) is 162 Å². The van der Waals surface area contributed by atoms with Gasteiger partial charge in [-0.2, -0.15) is 0 Å². The van der Waals surface area contributed by atoms with E-state index in [0.717, 1.165) is 66.8 Å². The summed E-state index contributed by atoms with van der Waals surface area (Å²) < 4.78 is 19.5. The molecule has 2 heterocycles. The minimum Gasteiger partial charge on any atom is -0.455 e. The van der Waals surface area contributed by atoms with Crippen LogP contribution in [0.1, 0.15) is 13.8 Å². The van der Waals surface area contributed by atoms with E-state index in [1.165, 1.54) is 22.3 Å². The summed E-state index contributed by atoms with van der Waals surface area (Å²) >= 11 is 0. The van der Waals surface area contributed by atoms with E-state index in [1.54, 1.807) is 0 Å². The molecular weight excluding hydrogens is 588 g/mol. The van der Waals surface area contributed by atoms with Crippen molar-refractivity contribution in [2.45, 2.75) is 19.6 Å². The average molecular weight is 621 g/mol. The van der Waals surface area contributed by atoms with Gasteiger partial charge < -0.3 is 13.9 Å². The van der Waals surface area contributed by atoms with Crippen molar-refractivity contribution in [1.29, 1.82) is 0 Å². The van der Waals surface area contributed by atoms with Gasteiger partial charge in [-0.05, 0) is 87.5 Å². The Bertz CT molecular complexity index is 2410. The summed E-state index contributed by atoms with van der Waals surface area (Å²) in [6, 6.07) is 55.4. The van der Waals surface area contributed by atoms with Crippen molar-refractivity contribution in [3.05, 3.63) is 158 Å². The van der Waals surface area contributed by atoms with E-state index in [1.807, 2.05) is 26.0 Å². The second kappa shape index (κ2) is 11.0. The largest absolute Gasteiger partial charge is 0.455 e. The monoisotopic (exact) mass is 620 g/mol. The molecule has 1 aliphatic rings. The topological polar surface area (TPSA) is 31.6 Å². The maximum atomic E-state index is 6.52. The molecule has 230 valence electrons. The van der Waals surface area contributed by atoms with Crippen LogP contribution in [0, 0.1) is 0 Å². The summed E-state index contributed by atoms with van der Waals surface area (Å²) in [6.45, 7) is 3.91. The molecular formula is C45H32O3. The normalized spacial score (nSPS) is 13.3. The molecule has 3 nitrogen and oxygen atoms in total. The van der Waals surface area contributed by atoms with Crippen LogP contribution in [0.5, 0.6) is 11.5 Å². The molecule has 0 radical (unpaired) electrons. The zero-order chi connectivity index (χ0) is 32.2. The summed E-state index contributed by atoms with van der Waals surface area (Å²) in [5, 5.41) is 2.22. The van der Waals surface area contributed by atoms with Crippen LogP contribution in [-0.2, 0) is 0 Å². The molecule has 0 saturated heterocycles. The summed E-state index contributed by atoms with van der Waals surface area (Å²) in [4.78, 5) is 0. The van der Waals surface area contributed by atoms with Gasteiger partial charge in [0.1, 0.15) is 22.7 Å². The molecule has 0 spiro atoms. The Morgan fingerprint density at radius 3 is 1.54 bits per heavy atom. The van der Waals surface area contributed by atoms with Gasteiger partial charge >= 0.3 is 0 Å². The van der Waals surface area contributed by atoms with E-state index >= 15 is 0 Å². The Kier molecular flexibility index (Phi) is 6.48. The Morgan fingerprint density at radius 2 is 0.896 bits per heavy atom. The van der Waals surface area contributed by atoms with Crippen LogP contribution in [0.25, 0.3) is 77.6 Å². The summed E-state index contributed by atoms with van der Waals surface area (Å²) in [7, 11) is 0. The molecule has 0 bridgehead atoms. The Morgan fingerprint density at radius 1 is 0.375 bits per heavy atom. The van der Waals surface area contributed by atoms with Gasteiger partial charge in [0.05, 0.1) is 0 Å². The summed E-state index contributed by atoms with van der Waals surface area (Å²) in [5.41, 5.74) is 12.7. The lowest BCUT2D eigenvalue weighted by atomic mass is 9.91. The second-order valence-corrected chi connectivity index (χ2v) is 12.8. The molecule has 0 fully saturated rings. The Labute approximate surface area is 279 Å². The molecule has 9 rings (SSSR count). The van der Waals surface area contributed by atoms with Gasteiger partial charge in [-0.1, -0.05) is 109 Å². The molecule has 48 heavy (non-hydrogen) atoms. The minimum atomic E-state index is -0.852. The highest BCUT2D eigenvalue weighted by Gasteiger charge is 2.30. The number of hydrogen-bond donors (Lipinski definition) is 0. The number of benzene rings is 7. The highest BCUT2D eigenvalue weighted by Crippen LogP contribution is 2.47. The van der Waals surface area contributed by atoms with Gasteiger partial charge in [0, 0.05) is 41.3 Å². The third-order valence-electron chi connectivity index (χ3n) is 9.16. The lowest BCUT2D eigenvalue weighted by Gasteiger charge is -2.25. The fourth-order valence-electron chi connectivity index (χ4n) is 6.92. The van der Waals surface area contributed by atoms with Crippen LogP contribution in [0.3, 0.4) is 0 Å². The number of fused-ring (bicyclic) bond motifs is 6. The number of para-hydroxylation sites is 2. The molecule has 1 aromatic heterocycles. The van der Waals surface area contributed by atoms with Gasteiger partial charge in [0.2, 0.25) is 5.79 Å². The number of furan rings is 1. The van der Waals surface area contributed by atoms with Crippen LogP contribution in [0.2, 0.25) is 0 Å². The fourth-order valence-corrected chi connectivity index (χ4v) is 6.92. The quantitative estimate of drug-likeness (QED) is 0.196. The van der Waals surface area contributed by atoms with Crippen molar-refractivity contribution in [2.75, 3.05) is 0 Å². The first kappa shape index (κ1) is 28.2. The van der Waals surface area contributed by atoms with E-state index in [2.05, 4.69) is 146 Å². The van der Waals surface area contributed by atoms with E-state index in [0.29, 0.717) is 0 Å². The highest BCUT2D eigenvalue weighted by molar-refractivity contribution is 6.09. The second-order valence-electron chi connectivity index (χ2n) is 12.8. The number of rotatable bonds is 4. The molecule has 0 amide bonds. The van der Waals surface area contributed by atoms with Crippen LogP contribution >= 0.6 is 0 Å². The van der Waals surface area contributed by atoms with Crippen molar-refractivity contribution < 1.29 is 13.9 Å². The van der Waals surface area contributed by atoms with Crippen molar-refractivity contribution in [1.82, 2.24) is 0 Å². The van der Waals surface area contributed by atoms with Gasteiger partial charge in [0.25, 0.3) is 0 Å². The third-order valence-corrected chi connectivity index (χ3v) is 9.16. The summed E-state index contributed by atoms with van der Waals surface area (Å²) in [6.07, 6.45) is 0. The molecule has 0 N–H and O–H groups in total. The standard InChI is InChI=1S/C45H32O3/c1-45(2)47-42-22-20-31(35-25-33(29-12-5-3-6-13-29)24-34(26-35)30-14-7-4-8-15-30)27-39(42)40-28-32(21-23-43(40)48-45)36-17-11-18-38-37-16-9-10-19-41(37)46-44(36)38/h3-28H,1-2H3. The molecule has 0 unspecified atom stereocenters. The molecule has 3 heteroatoms. The maximum Gasteiger partial charge on any atom is 0.245 e. The Hall–Kier alpha value is -6.06. The van der Waals surface area contributed by atoms with Crippen LogP contribution in [-0.4, -0.2) is 5.79 Å². The first-order valence-electron chi connectivity index (χ1n) is 16.3. The zero-order valence-electron chi connectivity index (χ0n) is 26.7. The van der Waals surface area contributed by atoms with E-state index in [4.69, 9.17) is 13.9 Å². The van der Waals surface area contributed by atoms with Crippen LogP contribution in [0.4, 0.5) is 0 Å². The SMILES string of the molecule is CC1(C)Oc2ccc(-c3cc(-c4ccccc4)cc(-c4ccccc4)c3)cc2-c2cc(-c3cccc4c3oc3ccccc34)ccc2O1. The van der Waals surface area contributed by atoms with Crippen molar-refractivity contribution >= 4 is 21.9 Å². The molecule has 7 aromatic carbocycles. The lowest BCUT2D eigenvalue weighted by Crippen LogP contribution is -2.34. The Balaban J connectivity index is 1.23. The first-order chi connectivity index (χ1) is 23.5. The number of hydrogen-bond acceptors (Lipinski definition) is 3. The smallest absolute Gasteiger partial charge is 0.245 e. The molecule has 0 aliphatic carbocycles. The third kappa shape index (κ3) is 4.92.